The van der Waals surface area contributed by atoms with Gasteiger partial charge in [0.05, 0.1) is 0 Å². The number of ether oxygens (including phenoxy) is 1. The number of pyridine rings is 1. The van der Waals surface area contributed by atoms with Crippen LogP contribution in [0.4, 0.5) is 4.79 Å². The summed E-state index contributed by atoms with van der Waals surface area (Å²) < 4.78 is 7.45. The molecular formula is C34H36N3O3+. The number of hydrogen-bond donors (Lipinski definition) is 2. The van der Waals surface area contributed by atoms with E-state index in [1.807, 2.05) is 127 Å². The van der Waals surface area contributed by atoms with Crippen LogP contribution in [-0.2, 0) is 36.0 Å². The van der Waals surface area contributed by atoms with Crippen LogP contribution in [0.5, 0.6) is 0 Å². The van der Waals surface area contributed by atoms with Gasteiger partial charge in [0.15, 0.2) is 6.20 Å². The van der Waals surface area contributed by atoms with Crippen LogP contribution < -0.4 is 15.2 Å². The van der Waals surface area contributed by atoms with Crippen molar-refractivity contribution in [2.75, 3.05) is 0 Å². The molecule has 2 amide bonds. The fourth-order valence-electron chi connectivity index (χ4n) is 4.36. The number of rotatable bonds is 12. The van der Waals surface area contributed by atoms with Gasteiger partial charge in [-0.25, -0.2) is 9.36 Å². The van der Waals surface area contributed by atoms with Gasteiger partial charge in [0, 0.05) is 30.7 Å². The zero-order valence-electron chi connectivity index (χ0n) is 22.8. The predicted molar refractivity (Wildman–Crippen MR) is 157 cm³/mol. The summed E-state index contributed by atoms with van der Waals surface area (Å²) in [4.78, 5) is 26.4. The zero-order valence-corrected chi connectivity index (χ0v) is 22.8. The summed E-state index contributed by atoms with van der Waals surface area (Å²) in [7, 11) is 1.98. The van der Waals surface area contributed by atoms with E-state index in [9.17, 15) is 9.59 Å². The third-order valence-corrected chi connectivity index (χ3v) is 6.61. The predicted octanol–water partition coefficient (Wildman–Crippen LogP) is 5.18. The maximum Gasteiger partial charge on any atom is 0.408 e. The molecule has 2 unspecified atom stereocenters. The summed E-state index contributed by atoms with van der Waals surface area (Å²) in [5.74, 6) is -0.263. The molecule has 2 N–H and O–H groups in total. The first-order valence-electron chi connectivity index (χ1n) is 13.5. The quantitative estimate of drug-likeness (QED) is 0.246. The second-order valence-electron chi connectivity index (χ2n) is 9.68. The average molecular weight is 535 g/mol. The van der Waals surface area contributed by atoms with Crippen molar-refractivity contribution in [3.05, 3.63) is 144 Å². The van der Waals surface area contributed by atoms with E-state index in [4.69, 9.17) is 4.74 Å². The van der Waals surface area contributed by atoms with E-state index in [-0.39, 0.29) is 18.6 Å². The SMILES string of the molecule is C[n+]1ccccc1C=CC(CCc1ccccc1)NC(=O)C(Cc1ccccc1)NC(=O)OCc1ccccc1. The van der Waals surface area contributed by atoms with E-state index in [1.54, 1.807) is 0 Å². The van der Waals surface area contributed by atoms with Gasteiger partial charge in [-0.2, -0.15) is 0 Å². The first-order valence-corrected chi connectivity index (χ1v) is 13.5. The minimum Gasteiger partial charge on any atom is -0.445 e. The first kappa shape index (κ1) is 28.3. The van der Waals surface area contributed by atoms with Gasteiger partial charge in [-0.05, 0) is 35.6 Å². The van der Waals surface area contributed by atoms with E-state index in [1.165, 1.54) is 5.56 Å². The highest BCUT2D eigenvalue weighted by Crippen LogP contribution is 2.10. The van der Waals surface area contributed by atoms with E-state index in [2.05, 4.69) is 22.8 Å². The van der Waals surface area contributed by atoms with Crippen LogP contribution in [0.15, 0.2) is 121 Å². The summed E-state index contributed by atoms with van der Waals surface area (Å²) in [6.07, 6.45) is 7.24. The van der Waals surface area contributed by atoms with E-state index < -0.39 is 12.1 Å². The molecule has 2 atom stereocenters. The second-order valence-corrected chi connectivity index (χ2v) is 9.68. The highest BCUT2D eigenvalue weighted by molar-refractivity contribution is 5.86. The van der Waals surface area contributed by atoms with Crippen molar-refractivity contribution in [3.8, 4) is 0 Å². The molecule has 3 aromatic carbocycles. The lowest BCUT2D eigenvalue weighted by molar-refractivity contribution is -0.673. The Hall–Kier alpha value is -4.71. The lowest BCUT2D eigenvalue weighted by Gasteiger charge is -2.22. The molecule has 4 rings (SSSR count). The molecule has 1 aromatic heterocycles. The Kier molecular flexibility index (Phi) is 10.6. The Morgan fingerprint density at radius 3 is 2.02 bits per heavy atom. The number of aromatic nitrogens is 1. The van der Waals surface area contributed by atoms with Crippen molar-refractivity contribution >= 4 is 18.1 Å². The number of carbonyl (C=O) groups excluding carboxylic acids is 2. The average Bonchev–Trinajstić information content (AvgIpc) is 2.99. The van der Waals surface area contributed by atoms with E-state index >= 15 is 0 Å². The molecule has 0 spiro atoms. The number of carbonyl (C=O) groups is 2. The van der Waals surface area contributed by atoms with Gasteiger partial charge in [-0.1, -0.05) is 97.1 Å². The minimum absolute atomic E-state index is 0.128. The molecule has 1 heterocycles. The van der Waals surface area contributed by atoms with Crippen molar-refractivity contribution in [1.29, 1.82) is 0 Å². The Morgan fingerprint density at radius 2 is 1.38 bits per heavy atom. The first-order chi connectivity index (χ1) is 19.6. The zero-order chi connectivity index (χ0) is 28.0. The number of nitrogens with zero attached hydrogens (tertiary/aromatic N) is 1. The highest BCUT2D eigenvalue weighted by Gasteiger charge is 2.24. The van der Waals surface area contributed by atoms with E-state index in [0.29, 0.717) is 12.8 Å². The smallest absolute Gasteiger partial charge is 0.408 e. The number of nitrogens with one attached hydrogen (secondary N) is 2. The third kappa shape index (κ3) is 9.24. The van der Waals surface area contributed by atoms with Crippen molar-refractivity contribution < 1.29 is 18.9 Å². The molecule has 0 aliphatic carbocycles. The molecule has 0 saturated carbocycles. The van der Waals surface area contributed by atoms with Crippen LogP contribution in [0.2, 0.25) is 0 Å². The summed E-state index contributed by atoms with van der Waals surface area (Å²) >= 11 is 0. The molecule has 6 nitrogen and oxygen atoms in total. The third-order valence-electron chi connectivity index (χ3n) is 6.61. The Labute approximate surface area is 236 Å². The van der Waals surface area contributed by atoms with Crippen molar-refractivity contribution in [2.24, 2.45) is 7.05 Å². The molecule has 0 saturated heterocycles. The molecule has 0 aliphatic rings. The number of aryl methyl sites for hydroxylation is 2. The molecule has 0 fully saturated rings. The maximum absolute atomic E-state index is 13.6. The summed E-state index contributed by atoms with van der Waals surface area (Å²) in [6.45, 7) is 0.128. The molecule has 40 heavy (non-hydrogen) atoms. The fraction of sp³-hybridized carbons (Fsp3) is 0.206. The van der Waals surface area contributed by atoms with Crippen molar-refractivity contribution in [2.45, 2.75) is 38.0 Å². The van der Waals surface area contributed by atoms with Gasteiger partial charge in [0.1, 0.15) is 19.7 Å². The minimum atomic E-state index is -0.800. The number of benzene rings is 3. The molecule has 6 heteroatoms. The Bertz CT molecular complexity index is 1380. The monoisotopic (exact) mass is 534 g/mol. The van der Waals surface area contributed by atoms with Crippen molar-refractivity contribution in [1.82, 2.24) is 10.6 Å². The number of amides is 2. The molecule has 0 radical (unpaired) electrons. The van der Waals surface area contributed by atoms with Crippen LogP contribution in [0.3, 0.4) is 0 Å². The normalized spacial score (nSPS) is 12.4. The van der Waals surface area contributed by atoms with Gasteiger partial charge >= 0.3 is 6.09 Å². The summed E-state index contributed by atoms with van der Waals surface area (Å²) in [6, 6.07) is 34.3. The Balaban J connectivity index is 1.48. The molecule has 4 aromatic rings. The second kappa shape index (κ2) is 15.0. The topological polar surface area (TPSA) is 71.3 Å². The lowest BCUT2D eigenvalue weighted by atomic mass is 10.0. The fourth-order valence-corrected chi connectivity index (χ4v) is 4.36. The number of alkyl carbamates (subject to hydrolysis) is 1. The van der Waals surface area contributed by atoms with Gasteiger partial charge in [-0.15, -0.1) is 0 Å². The van der Waals surface area contributed by atoms with Crippen LogP contribution in [0.1, 0.15) is 28.8 Å². The van der Waals surface area contributed by atoms with Crippen LogP contribution in [0.25, 0.3) is 6.08 Å². The summed E-state index contributed by atoms with van der Waals surface area (Å²) in [5, 5.41) is 5.97. The molecule has 0 aliphatic heterocycles. The molecule has 0 bridgehead atoms. The molecular weight excluding hydrogens is 498 g/mol. The summed E-state index contributed by atoms with van der Waals surface area (Å²) in [5.41, 5.74) is 4.04. The Morgan fingerprint density at radius 1 is 0.775 bits per heavy atom. The van der Waals surface area contributed by atoms with Crippen molar-refractivity contribution in [3.63, 3.8) is 0 Å². The largest absolute Gasteiger partial charge is 0.445 e. The van der Waals surface area contributed by atoms with Gasteiger partial charge in [0.2, 0.25) is 11.6 Å². The lowest BCUT2D eigenvalue weighted by Crippen LogP contribution is -2.50. The van der Waals surface area contributed by atoms with E-state index in [0.717, 1.165) is 23.2 Å². The van der Waals surface area contributed by atoms with Gasteiger partial charge < -0.3 is 15.4 Å². The maximum atomic E-state index is 13.6. The van der Waals surface area contributed by atoms with Gasteiger partial charge in [-0.3, -0.25) is 4.79 Å². The standard InChI is InChI=1S/C34H35N3O3/c1-37-24-12-11-19-31(37)23-22-30(21-20-27-13-5-2-6-14-27)35-33(38)32(25-28-15-7-3-8-16-28)36-34(39)40-26-29-17-9-4-10-18-29/h2-19,22-24,30,32H,20-21,25-26H2,1H3,(H-,35,36,38,39)/p+1. The number of hydrogen-bond acceptors (Lipinski definition) is 3. The van der Waals surface area contributed by atoms with Gasteiger partial charge in [0.25, 0.3) is 0 Å². The van der Waals surface area contributed by atoms with Crippen LogP contribution in [0, 0.1) is 0 Å². The van der Waals surface area contributed by atoms with Crippen LogP contribution in [-0.4, -0.2) is 24.1 Å². The molecule has 204 valence electrons. The van der Waals surface area contributed by atoms with Crippen LogP contribution >= 0.6 is 0 Å². The highest BCUT2D eigenvalue weighted by atomic mass is 16.5.